The van der Waals surface area contributed by atoms with Crippen molar-refractivity contribution in [3.8, 4) is 11.3 Å². The van der Waals surface area contributed by atoms with Crippen LogP contribution in [0.3, 0.4) is 0 Å². The summed E-state index contributed by atoms with van der Waals surface area (Å²) in [6.07, 6.45) is 2.12. The highest BCUT2D eigenvalue weighted by molar-refractivity contribution is 9.10. The van der Waals surface area contributed by atoms with Gasteiger partial charge in [-0.05, 0) is 54.4 Å². The summed E-state index contributed by atoms with van der Waals surface area (Å²) in [5.74, 6) is -0.373. The van der Waals surface area contributed by atoms with Gasteiger partial charge in [-0.1, -0.05) is 74.3 Å². The molecule has 7 heteroatoms. The lowest BCUT2D eigenvalue weighted by atomic mass is 10.1. The van der Waals surface area contributed by atoms with Gasteiger partial charge in [-0.2, -0.15) is 5.10 Å². The van der Waals surface area contributed by atoms with Crippen LogP contribution in [0.1, 0.15) is 28.5 Å². The Morgan fingerprint density at radius 1 is 0.886 bits per heavy atom. The first-order valence-electron chi connectivity index (χ1n) is 11.3. The number of rotatable bonds is 7. The van der Waals surface area contributed by atoms with E-state index in [2.05, 4.69) is 79.0 Å². The van der Waals surface area contributed by atoms with E-state index in [0.717, 1.165) is 43.2 Å². The van der Waals surface area contributed by atoms with Crippen LogP contribution in [0.4, 0.5) is 0 Å². The van der Waals surface area contributed by atoms with E-state index in [4.69, 9.17) is 9.84 Å². The van der Waals surface area contributed by atoms with Gasteiger partial charge in [0.15, 0.2) is 0 Å². The maximum atomic E-state index is 12.8. The quantitative estimate of drug-likeness (QED) is 0.186. The number of fused-ring (bicyclic) bond motifs is 1. The Kier molecular flexibility index (Phi) is 6.88. The lowest BCUT2D eigenvalue weighted by molar-refractivity contribution is 0.0512. The molecule has 0 amide bonds. The van der Waals surface area contributed by atoms with Gasteiger partial charge in [0.1, 0.15) is 5.69 Å². The topological polar surface area (TPSA) is 49.1 Å². The number of carbonyl (C=O) groups is 1. The second kappa shape index (κ2) is 10.2. The summed E-state index contributed by atoms with van der Waals surface area (Å²) in [7, 11) is 0. The second-order valence-electron chi connectivity index (χ2n) is 8.23. The predicted molar refractivity (Wildman–Crippen MR) is 146 cm³/mol. The van der Waals surface area contributed by atoms with Crippen molar-refractivity contribution in [3.05, 3.63) is 111 Å². The number of hydrogen-bond donors (Lipinski definition) is 0. The molecule has 0 saturated heterocycles. The van der Waals surface area contributed by atoms with E-state index in [9.17, 15) is 4.79 Å². The van der Waals surface area contributed by atoms with Crippen LogP contribution in [0.25, 0.3) is 22.2 Å². The fraction of sp³-hybridized carbons (Fsp3) is 0.143. The maximum Gasteiger partial charge on any atom is 0.356 e. The minimum atomic E-state index is -0.373. The largest absolute Gasteiger partial charge is 0.461 e. The molecule has 0 spiro atoms. The molecular weight excluding hydrogens is 570 g/mol. The molecule has 0 saturated carbocycles. The molecule has 2 heterocycles. The van der Waals surface area contributed by atoms with Crippen LogP contribution in [0.2, 0.25) is 0 Å². The van der Waals surface area contributed by atoms with Crippen molar-refractivity contribution in [2.75, 3.05) is 6.61 Å². The van der Waals surface area contributed by atoms with E-state index in [1.807, 2.05) is 49.4 Å². The van der Waals surface area contributed by atoms with Gasteiger partial charge in [0.05, 0.1) is 18.8 Å². The van der Waals surface area contributed by atoms with Gasteiger partial charge < -0.3 is 9.30 Å². The maximum absolute atomic E-state index is 12.8. The molecule has 0 aliphatic rings. The summed E-state index contributed by atoms with van der Waals surface area (Å²) in [5, 5.41) is 5.96. The third-order valence-electron chi connectivity index (χ3n) is 5.84. The Hall–Kier alpha value is -3.16. The highest BCUT2D eigenvalue weighted by Crippen LogP contribution is 2.31. The average molecular weight is 593 g/mol. The van der Waals surface area contributed by atoms with Crippen molar-refractivity contribution in [1.82, 2.24) is 14.3 Å². The smallest absolute Gasteiger partial charge is 0.356 e. The van der Waals surface area contributed by atoms with Gasteiger partial charge >= 0.3 is 5.97 Å². The molecule has 3 aromatic carbocycles. The van der Waals surface area contributed by atoms with E-state index >= 15 is 0 Å². The van der Waals surface area contributed by atoms with Gasteiger partial charge in [0, 0.05) is 38.2 Å². The van der Waals surface area contributed by atoms with Gasteiger partial charge in [-0.15, -0.1) is 0 Å². The molecule has 0 fully saturated rings. The molecule has 0 aliphatic carbocycles. The fourth-order valence-electron chi connectivity index (χ4n) is 4.17. The zero-order valence-corrected chi connectivity index (χ0v) is 22.3. The number of para-hydroxylation sites is 1. The van der Waals surface area contributed by atoms with Crippen molar-refractivity contribution in [2.24, 2.45) is 0 Å². The summed E-state index contributed by atoms with van der Waals surface area (Å²) in [5.41, 5.74) is 5.54. The van der Waals surface area contributed by atoms with Crippen LogP contribution in [0.5, 0.6) is 0 Å². The first-order chi connectivity index (χ1) is 17.0. The van der Waals surface area contributed by atoms with E-state index in [0.29, 0.717) is 18.8 Å². The molecule has 0 bridgehead atoms. The third-order valence-corrected chi connectivity index (χ3v) is 6.90. The Morgan fingerprint density at radius 3 is 2.17 bits per heavy atom. The number of hydrogen-bond acceptors (Lipinski definition) is 3. The standard InChI is InChI=1S/C28H23Br2N3O2/c1-2-35-28(34)27-15-25(31-33(27)17-20-9-13-22(30)14-10-20)24-18-32(26-6-4-3-5-23(24)26)16-19-7-11-21(29)12-8-19/h3-15,18H,2,16-17H2,1H3. The van der Waals surface area contributed by atoms with Crippen LogP contribution in [-0.4, -0.2) is 26.9 Å². The highest BCUT2D eigenvalue weighted by atomic mass is 79.9. The number of halogens is 2. The first kappa shape index (κ1) is 23.6. The first-order valence-corrected chi connectivity index (χ1v) is 12.9. The van der Waals surface area contributed by atoms with E-state index in [-0.39, 0.29) is 5.97 Å². The van der Waals surface area contributed by atoms with Crippen LogP contribution in [0.15, 0.2) is 94.0 Å². The fourth-order valence-corrected chi connectivity index (χ4v) is 4.70. The summed E-state index contributed by atoms with van der Waals surface area (Å²) >= 11 is 6.98. The van der Waals surface area contributed by atoms with Gasteiger partial charge in [-0.3, -0.25) is 4.68 Å². The number of ether oxygens (including phenoxy) is 1. The number of benzene rings is 3. The van der Waals surface area contributed by atoms with Crippen molar-refractivity contribution < 1.29 is 9.53 Å². The van der Waals surface area contributed by atoms with Gasteiger partial charge in [0.25, 0.3) is 0 Å². The number of esters is 1. The Labute approximate surface area is 220 Å². The van der Waals surface area contributed by atoms with E-state index in [1.165, 1.54) is 5.56 Å². The molecule has 5 aromatic rings. The normalized spacial score (nSPS) is 11.2. The Balaban J connectivity index is 1.57. The molecule has 5 nitrogen and oxygen atoms in total. The van der Waals surface area contributed by atoms with Crippen molar-refractivity contribution in [1.29, 1.82) is 0 Å². The Bertz CT molecular complexity index is 1490. The molecule has 0 unspecified atom stereocenters. The third kappa shape index (κ3) is 5.11. The zero-order valence-electron chi connectivity index (χ0n) is 19.1. The van der Waals surface area contributed by atoms with Crippen LogP contribution < -0.4 is 0 Å². The molecule has 0 N–H and O–H groups in total. The van der Waals surface area contributed by atoms with Crippen LogP contribution in [-0.2, 0) is 17.8 Å². The minimum absolute atomic E-state index is 0.310. The minimum Gasteiger partial charge on any atom is -0.461 e. The van der Waals surface area contributed by atoms with Crippen molar-refractivity contribution in [3.63, 3.8) is 0 Å². The second-order valence-corrected chi connectivity index (χ2v) is 10.1. The van der Waals surface area contributed by atoms with Gasteiger partial charge in [-0.25, -0.2) is 4.79 Å². The highest BCUT2D eigenvalue weighted by Gasteiger charge is 2.20. The summed E-state index contributed by atoms with van der Waals surface area (Å²) in [6, 6.07) is 26.5. The number of nitrogens with zero attached hydrogens (tertiary/aromatic N) is 3. The van der Waals surface area contributed by atoms with Gasteiger partial charge in [0.2, 0.25) is 0 Å². The van der Waals surface area contributed by atoms with Crippen molar-refractivity contribution >= 4 is 48.7 Å². The molecule has 5 rings (SSSR count). The van der Waals surface area contributed by atoms with E-state index in [1.54, 1.807) is 4.68 Å². The SMILES string of the molecule is CCOC(=O)c1cc(-c2cn(Cc3ccc(Br)cc3)c3ccccc23)nn1Cc1ccc(Br)cc1. The predicted octanol–water partition coefficient (Wildman–Crippen LogP) is 7.30. The molecule has 0 radical (unpaired) electrons. The summed E-state index contributed by atoms with van der Waals surface area (Å²) < 4.78 is 11.4. The molecule has 35 heavy (non-hydrogen) atoms. The zero-order chi connectivity index (χ0) is 24.4. The molecule has 176 valence electrons. The van der Waals surface area contributed by atoms with E-state index < -0.39 is 0 Å². The Morgan fingerprint density at radius 2 is 1.51 bits per heavy atom. The molecule has 2 aromatic heterocycles. The molecular formula is C28H23Br2N3O2. The van der Waals surface area contributed by atoms with Crippen LogP contribution >= 0.6 is 31.9 Å². The molecule has 0 aliphatic heterocycles. The lowest BCUT2D eigenvalue weighted by Gasteiger charge is -2.07. The average Bonchev–Trinajstić information content (AvgIpc) is 3.44. The van der Waals surface area contributed by atoms with Crippen LogP contribution in [0, 0.1) is 0 Å². The number of carbonyl (C=O) groups excluding carboxylic acids is 1. The van der Waals surface area contributed by atoms with Crippen molar-refractivity contribution in [2.45, 2.75) is 20.0 Å². The lowest BCUT2D eigenvalue weighted by Crippen LogP contribution is -2.14. The monoisotopic (exact) mass is 591 g/mol. The summed E-state index contributed by atoms with van der Waals surface area (Å²) in [4.78, 5) is 12.8. The summed E-state index contributed by atoms with van der Waals surface area (Å²) in [6.45, 7) is 3.32. The number of aromatic nitrogens is 3. The molecule has 0 atom stereocenters.